The van der Waals surface area contributed by atoms with Crippen LogP contribution in [0.2, 0.25) is 4.72 Å². The van der Waals surface area contributed by atoms with Crippen molar-refractivity contribution in [1.82, 2.24) is 0 Å². The summed E-state index contributed by atoms with van der Waals surface area (Å²) in [7, 11) is 0.191. The van der Waals surface area contributed by atoms with Gasteiger partial charge in [-0.25, -0.2) is 0 Å². The molecule has 0 bridgehead atoms. The van der Waals surface area contributed by atoms with Crippen LogP contribution in [0.4, 0.5) is 0 Å². The van der Waals surface area contributed by atoms with Gasteiger partial charge in [-0.3, -0.25) is 0 Å². The van der Waals surface area contributed by atoms with E-state index in [1.807, 2.05) is 0 Å². The first kappa shape index (κ1) is 10.1. The second-order valence-corrected chi connectivity index (χ2v) is 5.81. The molecule has 0 spiro atoms. The van der Waals surface area contributed by atoms with Crippen LogP contribution in [0, 0.1) is 13.8 Å². The van der Waals surface area contributed by atoms with E-state index in [2.05, 4.69) is 49.8 Å². The molecule has 0 aromatic heterocycles. The second kappa shape index (κ2) is 4.92. The van der Waals surface area contributed by atoms with Gasteiger partial charge in [0.1, 0.15) is 0 Å². The molecule has 0 saturated heterocycles. The number of rotatable bonds is 3. The maximum atomic E-state index is 2.33. The normalized spacial score (nSPS) is 11.3. The van der Waals surface area contributed by atoms with E-state index in [0.717, 1.165) is 0 Å². The molecule has 1 aromatic carbocycles. The Labute approximate surface area is 86.8 Å². The predicted octanol–water partition coefficient (Wildman–Crippen LogP) is 1.52. The molecule has 1 aromatic rings. The fourth-order valence-corrected chi connectivity index (χ4v) is 2.64. The van der Waals surface area contributed by atoms with Crippen LogP contribution in [0.3, 0.4) is 0 Å². The Morgan fingerprint density at radius 3 is 2.25 bits per heavy atom. The Hall–Kier alpha value is 0.0343. The molecule has 2 heteroatoms. The molecule has 60 valence electrons. The van der Waals surface area contributed by atoms with Crippen LogP contribution in [-0.4, -0.2) is 27.2 Å². The third-order valence-electron chi connectivity index (χ3n) is 2.10. The van der Waals surface area contributed by atoms with Crippen LogP contribution < -0.4 is 0 Å². The van der Waals surface area contributed by atoms with E-state index in [1.54, 1.807) is 5.56 Å². The van der Waals surface area contributed by atoms with Crippen LogP contribution in [-0.2, 0) is 6.04 Å². The zero-order chi connectivity index (χ0) is 8.97. The zero-order valence-electron chi connectivity index (χ0n) is 8.35. The molecule has 0 aliphatic rings. The van der Waals surface area contributed by atoms with Crippen molar-refractivity contribution in [2.45, 2.75) is 24.6 Å². The Balaban J connectivity index is 2.72. The standard InChI is InChI=1S/C10H15Si.Li/c1-8-4-9(2)6-10(5-8)7-11-3;/h4-6H,3,7,11H2,1-2H3;. The van der Waals surface area contributed by atoms with Gasteiger partial charge in [-0.2, -0.15) is 0 Å². The van der Waals surface area contributed by atoms with E-state index in [1.165, 1.54) is 21.9 Å². The zero-order valence-corrected chi connectivity index (χ0v) is 9.77. The van der Waals surface area contributed by atoms with Crippen molar-refractivity contribution < 1.29 is 0 Å². The third-order valence-corrected chi connectivity index (χ3v) is 3.74. The van der Waals surface area contributed by atoms with Crippen LogP contribution in [0.15, 0.2) is 18.2 Å². The van der Waals surface area contributed by atoms with E-state index in [-0.39, 0.29) is 9.52 Å². The van der Waals surface area contributed by atoms with Crippen molar-refractivity contribution >= 4 is 27.2 Å². The summed E-state index contributed by atoms with van der Waals surface area (Å²) in [6, 6.07) is 8.28. The fourth-order valence-electron chi connectivity index (χ4n) is 1.59. The summed E-state index contributed by atoms with van der Waals surface area (Å²) < 4.78 is 1.42. The van der Waals surface area contributed by atoms with E-state index in [9.17, 15) is 0 Å². The Morgan fingerprint density at radius 1 is 1.17 bits per heavy atom. The maximum absolute atomic E-state index is 2.33. The minimum atomic E-state index is 0.191. The van der Waals surface area contributed by atoms with E-state index in [0.29, 0.717) is 0 Å². The Bertz CT molecular complexity index is 238. The van der Waals surface area contributed by atoms with Gasteiger partial charge in [-0.1, -0.05) is 0 Å². The van der Waals surface area contributed by atoms with Crippen molar-refractivity contribution in [3.63, 3.8) is 0 Å². The molecule has 12 heavy (non-hydrogen) atoms. The van der Waals surface area contributed by atoms with Gasteiger partial charge in [-0.15, -0.1) is 0 Å². The van der Waals surface area contributed by atoms with Crippen molar-refractivity contribution in [3.05, 3.63) is 34.9 Å². The first-order chi connectivity index (χ1) is 5.72. The molecule has 0 aliphatic heterocycles. The van der Waals surface area contributed by atoms with Gasteiger partial charge in [-0.05, 0) is 0 Å². The van der Waals surface area contributed by atoms with Gasteiger partial charge in [0.05, 0.1) is 0 Å². The van der Waals surface area contributed by atoms with Gasteiger partial charge in [0, 0.05) is 0 Å². The summed E-state index contributed by atoms with van der Waals surface area (Å²) >= 11 is 2.30. The van der Waals surface area contributed by atoms with E-state index >= 15 is 0 Å². The van der Waals surface area contributed by atoms with Crippen LogP contribution in [0.25, 0.3) is 0 Å². The fraction of sp³-hybridized carbons (Fsp3) is 0.400. The molecule has 0 radical (unpaired) electrons. The molecule has 0 unspecified atom stereocenters. The van der Waals surface area contributed by atoms with Crippen molar-refractivity contribution in [2.24, 2.45) is 0 Å². The molecule has 0 nitrogen and oxygen atoms in total. The third kappa shape index (κ3) is 3.19. The molecular formula is C10H15LiSi. The molecule has 0 atom stereocenters. The molecule has 0 fully saturated rings. The van der Waals surface area contributed by atoms with Gasteiger partial charge >= 0.3 is 86.7 Å². The quantitative estimate of drug-likeness (QED) is 0.603. The SMILES string of the molecule is [Li][CH2][SiH2]Cc1cc(C)cc(C)c1. The summed E-state index contributed by atoms with van der Waals surface area (Å²) in [4.78, 5) is 0. The average molecular weight is 170 g/mol. The number of hydrogen-bond donors (Lipinski definition) is 0. The first-order valence-electron chi connectivity index (χ1n) is 4.79. The summed E-state index contributed by atoms with van der Waals surface area (Å²) in [6.45, 7) is 4.37. The Kier molecular flexibility index (Phi) is 4.14. The second-order valence-electron chi connectivity index (χ2n) is 3.60. The summed E-state index contributed by atoms with van der Waals surface area (Å²) in [5.74, 6) is 0. The van der Waals surface area contributed by atoms with Crippen LogP contribution in [0.1, 0.15) is 16.7 Å². The topological polar surface area (TPSA) is 0 Å². The molecule has 1 rings (SSSR count). The molecule has 0 N–H and O–H groups in total. The van der Waals surface area contributed by atoms with Crippen molar-refractivity contribution in [1.29, 1.82) is 0 Å². The molecule has 0 aliphatic carbocycles. The van der Waals surface area contributed by atoms with Gasteiger partial charge < -0.3 is 0 Å². The number of aryl methyl sites for hydroxylation is 2. The van der Waals surface area contributed by atoms with Crippen LogP contribution >= 0.6 is 0 Å². The van der Waals surface area contributed by atoms with E-state index < -0.39 is 0 Å². The van der Waals surface area contributed by atoms with Crippen molar-refractivity contribution in [2.75, 3.05) is 0 Å². The Morgan fingerprint density at radius 2 is 1.75 bits per heavy atom. The molecular weight excluding hydrogens is 155 g/mol. The predicted molar refractivity (Wildman–Crippen MR) is 58.7 cm³/mol. The summed E-state index contributed by atoms with van der Waals surface area (Å²) in [5.41, 5.74) is 4.38. The number of hydrogen-bond acceptors (Lipinski definition) is 0. The van der Waals surface area contributed by atoms with Gasteiger partial charge in [0.2, 0.25) is 0 Å². The number of benzene rings is 1. The van der Waals surface area contributed by atoms with E-state index in [4.69, 9.17) is 0 Å². The first-order valence-corrected chi connectivity index (χ1v) is 6.79. The monoisotopic (exact) mass is 170 g/mol. The summed E-state index contributed by atoms with van der Waals surface area (Å²) in [5, 5.41) is 0. The summed E-state index contributed by atoms with van der Waals surface area (Å²) in [6.07, 6.45) is 0. The van der Waals surface area contributed by atoms with Gasteiger partial charge in [0.15, 0.2) is 0 Å². The molecule has 0 saturated carbocycles. The minimum absolute atomic E-state index is 0.191. The molecule has 0 amide bonds. The van der Waals surface area contributed by atoms with Crippen LogP contribution in [0.5, 0.6) is 0 Å². The molecule has 0 heterocycles. The van der Waals surface area contributed by atoms with Crippen molar-refractivity contribution in [3.8, 4) is 0 Å². The average Bonchev–Trinajstić information content (AvgIpc) is 1.99. The van der Waals surface area contributed by atoms with Gasteiger partial charge in [0.25, 0.3) is 0 Å².